The molecule has 6 N–H and O–H groups in total. The number of unbranched alkanes of at least 4 members (excludes halogenated alkanes) is 20. The molecular formula is C38H76O9Ti-2. The van der Waals surface area contributed by atoms with Gasteiger partial charge in [-0.15, -0.1) is 0 Å². The van der Waals surface area contributed by atoms with Crippen molar-refractivity contribution in [3.05, 3.63) is 6.58 Å². The maximum atomic E-state index is 10.3. The van der Waals surface area contributed by atoms with E-state index < -0.39 is 11.9 Å². The minimum absolute atomic E-state index is 0. The van der Waals surface area contributed by atoms with Crippen LogP contribution in [-0.4, -0.2) is 61.5 Å². The smallest absolute Gasteiger partial charge is 0.303 e. The minimum atomic E-state index is -0.678. The van der Waals surface area contributed by atoms with Gasteiger partial charge in [0.2, 0.25) is 0 Å². The maximum absolute atomic E-state index is 10.3. The molecule has 0 radical (unpaired) electrons. The molecule has 0 aliphatic rings. The summed E-state index contributed by atoms with van der Waals surface area (Å²) in [6.45, 7) is 7.10. The van der Waals surface area contributed by atoms with Gasteiger partial charge >= 0.3 is 11.9 Å². The Hall–Kier alpha value is -1.06. The first kappa shape index (κ1) is 59.1. The molecule has 10 heteroatoms. The SMILES string of the molecule is C=C=O.CCCCCCC(O)CCCCCCCCCCC(=O)O.CCCCCCC(O)CCCCCCCCCCC(=O)O.[OH-].[OH-].[Ti]. The third-order valence-corrected chi connectivity index (χ3v) is 8.14. The largest absolute Gasteiger partial charge is 0.870 e. The van der Waals surface area contributed by atoms with Gasteiger partial charge in [0.25, 0.3) is 0 Å². The molecule has 0 heterocycles. The summed E-state index contributed by atoms with van der Waals surface area (Å²) in [5, 5.41) is 36.7. The number of aliphatic hydroxyl groups is 2. The zero-order valence-corrected chi connectivity index (χ0v) is 32.5. The molecule has 0 fully saturated rings. The van der Waals surface area contributed by atoms with Gasteiger partial charge in [0.05, 0.1) is 12.2 Å². The minimum Gasteiger partial charge on any atom is -0.870 e. The van der Waals surface area contributed by atoms with Gasteiger partial charge in [-0.25, -0.2) is 4.79 Å². The average Bonchev–Trinajstić information content (AvgIpc) is 3.00. The van der Waals surface area contributed by atoms with E-state index in [0.717, 1.165) is 77.0 Å². The number of carboxylic acid groups (broad SMARTS) is 2. The van der Waals surface area contributed by atoms with Crippen LogP contribution >= 0.6 is 0 Å². The second-order valence-electron chi connectivity index (χ2n) is 12.7. The van der Waals surface area contributed by atoms with E-state index in [2.05, 4.69) is 20.4 Å². The topological polar surface area (TPSA) is 192 Å². The Morgan fingerprint density at radius 3 is 0.875 bits per heavy atom. The van der Waals surface area contributed by atoms with Gasteiger partial charge in [-0.1, -0.05) is 155 Å². The summed E-state index contributed by atoms with van der Waals surface area (Å²) >= 11 is 0. The third kappa shape index (κ3) is 63.6. The van der Waals surface area contributed by atoms with Crippen molar-refractivity contribution in [2.24, 2.45) is 0 Å². The summed E-state index contributed by atoms with van der Waals surface area (Å²) in [5.41, 5.74) is 0. The molecule has 0 amide bonds. The fourth-order valence-corrected chi connectivity index (χ4v) is 5.34. The predicted molar refractivity (Wildman–Crippen MR) is 192 cm³/mol. The number of carbonyl (C=O) groups excluding carboxylic acids is 1. The molecule has 0 aliphatic carbocycles. The van der Waals surface area contributed by atoms with Crippen LogP contribution in [0, 0.1) is 0 Å². The summed E-state index contributed by atoms with van der Waals surface area (Å²) in [7, 11) is 0. The fourth-order valence-electron chi connectivity index (χ4n) is 5.34. The van der Waals surface area contributed by atoms with E-state index in [1.807, 2.05) is 0 Å². The van der Waals surface area contributed by atoms with Crippen LogP contribution < -0.4 is 0 Å². The van der Waals surface area contributed by atoms with E-state index in [9.17, 15) is 19.8 Å². The molecule has 288 valence electrons. The Labute approximate surface area is 309 Å². The Bertz CT molecular complexity index is 596. The van der Waals surface area contributed by atoms with Gasteiger partial charge < -0.3 is 31.4 Å². The van der Waals surface area contributed by atoms with E-state index in [-0.39, 0.29) is 44.9 Å². The quantitative estimate of drug-likeness (QED) is 0.0297. The van der Waals surface area contributed by atoms with Crippen molar-refractivity contribution in [1.29, 1.82) is 0 Å². The summed E-state index contributed by atoms with van der Waals surface area (Å²) in [5.74, 6) is -0.105. The molecule has 0 aromatic heterocycles. The molecule has 0 rings (SSSR count). The first-order chi connectivity index (χ1) is 21.7. The van der Waals surface area contributed by atoms with E-state index in [1.165, 1.54) is 109 Å². The molecule has 2 unspecified atom stereocenters. The van der Waals surface area contributed by atoms with Crippen LogP contribution in [-0.2, 0) is 36.1 Å². The molecule has 48 heavy (non-hydrogen) atoms. The van der Waals surface area contributed by atoms with Crippen LogP contribution in [0.3, 0.4) is 0 Å². The molecule has 0 aliphatic heterocycles. The Morgan fingerprint density at radius 2 is 0.667 bits per heavy atom. The Morgan fingerprint density at radius 1 is 0.479 bits per heavy atom. The number of aliphatic carboxylic acids is 2. The van der Waals surface area contributed by atoms with Crippen LogP contribution in [0.25, 0.3) is 0 Å². The molecule has 0 saturated carbocycles. The first-order valence-electron chi connectivity index (χ1n) is 18.7. The maximum Gasteiger partial charge on any atom is 0.303 e. The Kier molecular flexibility index (Phi) is 65.0. The standard InChI is InChI=1S/2C18H36O3.C2H2O.2H2O.Ti/c2*1-2-3-4-11-14-17(19)15-12-9-7-5-6-8-10-13-16-18(20)21;1-2-3;;;/h2*17,19H,2-16H2,1H3,(H,20,21);1H2;2*1H2;/p-2. The molecule has 0 aromatic carbocycles. The van der Waals surface area contributed by atoms with Crippen molar-refractivity contribution < 1.29 is 67.5 Å². The molecule has 0 spiro atoms. The van der Waals surface area contributed by atoms with E-state index >= 15 is 0 Å². The van der Waals surface area contributed by atoms with E-state index in [1.54, 1.807) is 0 Å². The molecule has 2 atom stereocenters. The van der Waals surface area contributed by atoms with Crippen LogP contribution in [0.2, 0.25) is 0 Å². The molecular weight excluding hydrogens is 648 g/mol. The summed E-state index contributed by atoms with van der Waals surface area (Å²) < 4.78 is 0. The molecule has 0 bridgehead atoms. The number of hydrogen-bond donors (Lipinski definition) is 4. The molecule has 0 saturated heterocycles. The van der Waals surface area contributed by atoms with Gasteiger partial charge in [0.1, 0.15) is 5.94 Å². The van der Waals surface area contributed by atoms with E-state index in [0.29, 0.717) is 12.8 Å². The number of carbonyl (C=O) groups is 2. The zero-order chi connectivity index (χ0) is 34.2. The normalized spacial score (nSPS) is 11.1. The Balaban J connectivity index is -0.000000160. The third-order valence-electron chi connectivity index (χ3n) is 8.14. The zero-order valence-electron chi connectivity index (χ0n) is 31.0. The second kappa shape index (κ2) is 52.8. The molecule has 0 aromatic rings. The van der Waals surface area contributed by atoms with Crippen LogP contribution in [0.1, 0.15) is 206 Å². The summed E-state index contributed by atoms with van der Waals surface area (Å²) in [4.78, 5) is 29.2. The van der Waals surface area contributed by atoms with Crippen molar-refractivity contribution in [1.82, 2.24) is 0 Å². The van der Waals surface area contributed by atoms with E-state index in [4.69, 9.17) is 15.0 Å². The summed E-state index contributed by atoms with van der Waals surface area (Å²) in [6.07, 6.45) is 32.5. The van der Waals surface area contributed by atoms with Gasteiger partial charge in [0, 0.05) is 34.6 Å². The number of hydrogen-bond acceptors (Lipinski definition) is 7. The van der Waals surface area contributed by atoms with Crippen molar-refractivity contribution >= 4 is 17.9 Å². The van der Waals surface area contributed by atoms with Gasteiger partial charge in [-0.05, 0) is 45.1 Å². The van der Waals surface area contributed by atoms with Gasteiger partial charge in [-0.2, -0.15) is 0 Å². The average molecular weight is 725 g/mol. The van der Waals surface area contributed by atoms with Crippen molar-refractivity contribution in [2.75, 3.05) is 0 Å². The number of aliphatic hydroxyl groups excluding tert-OH is 2. The summed E-state index contributed by atoms with van der Waals surface area (Å²) in [6, 6.07) is 0. The number of carboxylic acids is 2. The van der Waals surface area contributed by atoms with Gasteiger partial charge in [-0.3, -0.25) is 9.59 Å². The van der Waals surface area contributed by atoms with Crippen molar-refractivity contribution in [3.63, 3.8) is 0 Å². The first-order valence-corrected chi connectivity index (χ1v) is 18.7. The predicted octanol–water partition coefficient (Wildman–Crippen LogP) is 10.3. The van der Waals surface area contributed by atoms with Crippen molar-refractivity contribution in [2.45, 2.75) is 219 Å². The van der Waals surface area contributed by atoms with Crippen molar-refractivity contribution in [3.8, 4) is 0 Å². The monoisotopic (exact) mass is 724 g/mol. The fraction of sp³-hybridized carbons (Fsp3) is 0.895. The molecule has 9 nitrogen and oxygen atoms in total. The number of rotatable bonds is 32. The van der Waals surface area contributed by atoms with Crippen LogP contribution in [0.15, 0.2) is 6.58 Å². The van der Waals surface area contributed by atoms with Crippen LogP contribution in [0.5, 0.6) is 0 Å². The second-order valence-corrected chi connectivity index (χ2v) is 12.7. The van der Waals surface area contributed by atoms with Gasteiger partial charge in [0.15, 0.2) is 0 Å². The van der Waals surface area contributed by atoms with Crippen LogP contribution in [0.4, 0.5) is 0 Å².